The Morgan fingerprint density at radius 1 is 1.07 bits per heavy atom. The number of rotatable bonds is 7. The van der Waals surface area contributed by atoms with E-state index in [1.807, 2.05) is 43.3 Å². The minimum atomic E-state index is -0.366. The summed E-state index contributed by atoms with van der Waals surface area (Å²) in [6.45, 7) is 5.59. The monoisotopic (exact) mass is 397 g/mol. The van der Waals surface area contributed by atoms with E-state index in [0.717, 1.165) is 43.2 Å². The number of morpholine rings is 1. The Morgan fingerprint density at radius 3 is 2.34 bits per heavy atom. The normalized spacial score (nSPS) is 14.9. The number of carbonyl (C=O) groups excluding carboxylic acids is 2. The van der Waals surface area contributed by atoms with Gasteiger partial charge < -0.3 is 25.0 Å². The highest BCUT2D eigenvalue weighted by atomic mass is 16.5. The van der Waals surface area contributed by atoms with Crippen LogP contribution in [-0.4, -0.2) is 51.3 Å². The van der Waals surface area contributed by atoms with Gasteiger partial charge in [0.15, 0.2) is 0 Å². The summed E-state index contributed by atoms with van der Waals surface area (Å²) in [4.78, 5) is 26.2. The first-order valence-electron chi connectivity index (χ1n) is 9.71. The molecule has 1 unspecified atom stereocenters. The molecule has 0 radical (unpaired) electrons. The first-order valence-corrected chi connectivity index (χ1v) is 9.71. The molecule has 2 N–H and O–H groups in total. The van der Waals surface area contributed by atoms with Gasteiger partial charge in [0.05, 0.1) is 31.9 Å². The number of anilines is 2. The van der Waals surface area contributed by atoms with Crippen molar-refractivity contribution in [2.45, 2.75) is 19.5 Å². The molecule has 1 saturated heterocycles. The van der Waals surface area contributed by atoms with Crippen molar-refractivity contribution in [2.24, 2.45) is 0 Å². The molecule has 1 aliphatic heterocycles. The van der Waals surface area contributed by atoms with Crippen molar-refractivity contribution < 1.29 is 19.1 Å². The third-order valence-corrected chi connectivity index (χ3v) is 4.89. The zero-order chi connectivity index (χ0) is 20.6. The topological polar surface area (TPSA) is 79.9 Å². The van der Waals surface area contributed by atoms with Crippen LogP contribution < -0.4 is 15.5 Å². The van der Waals surface area contributed by atoms with Crippen molar-refractivity contribution in [3.63, 3.8) is 0 Å². The summed E-state index contributed by atoms with van der Waals surface area (Å²) in [7, 11) is 1.36. The van der Waals surface area contributed by atoms with Gasteiger partial charge in [0.25, 0.3) is 0 Å². The number of benzene rings is 2. The fraction of sp³-hybridized carbons (Fsp3) is 0.364. The number of carbonyl (C=O) groups is 2. The molecule has 154 valence electrons. The van der Waals surface area contributed by atoms with E-state index in [2.05, 4.69) is 20.3 Å². The van der Waals surface area contributed by atoms with Crippen LogP contribution in [0, 0.1) is 0 Å². The summed E-state index contributed by atoms with van der Waals surface area (Å²) in [5.41, 5.74) is 3.38. The fourth-order valence-corrected chi connectivity index (χ4v) is 3.07. The molecule has 7 heteroatoms. The lowest BCUT2D eigenvalue weighted by Gasteiger charge is -2.29. The lowest BCUT2D eigenvalue weighted by Crippen LogP contribution is -2.37. The van der Waals surface area contributed by atoms with E-state index < -0.39 is 0 Å². The zero-order valence-electron chi connectivity index (χ0n) is 16.8. The van der Waals surface area contributed by atoms with E-state index >= 15 is 0 Å². The summed E-state index contributed by atoms with van der Waals surface area (Å²) < 4.78 is 10.1. The van der Waals surface area contributed by atoms with Crippen LogP contribution in [0.15, 0.2) is 48.5 Å². The second-order valence-electron chi connectivity index (χ2n) is 6.93. The largest absolute Gasteiger partial charge is 0.465 e. The molecule has 1 atom stereocenters. The van der Waals surface area contributed by atoms with E-state index in [1.54, 1.807) is 12.1 Å². The Kier molecular flexibility index (Phi) is 7.21. The van der Waals surface area contributed by atoms with Crippen molar-refractivity contribution in [1.82, 2.24) is 5.32 Å². The van der Waals surface area contributed by atoms with Crippen molar-refractivity contribution >= 4 is 23.3 Å². The molecule has 1 amide bonds. The molecule has 0 saturated carbocycles. The third kappa shape index (κ3) is 5.79. The van der Waals surface area contributed by atoms with Crippen LogP contribution >= 0.6 is 0 Å². The highest BCUT2D eigenvalue weighted by Gasteiger charge is 2.14. The molecule has 2 aromatic rings. The molecular weight excluding hydrogens is 370 g/mol. The molecule has 1 heterocycles. The molecule has 0 bridgehead atoms. The standard InChI is InChI=1S/C22H27N3O4/c1-16(23-15-17-3-5-18(6-4-17)22(27)28-2)21(26)24-19-7-9-20(10-8-19)25-11-13-29-14-12-25/h3-10,16,23H,11-15H2,1-2H3,(H,24,26). The minimum Gasteiger partial charge on any atom is -0.465 e. The van der Waals surface area contributed by atoms with Gasteiger partial charge in [-0.3, -0.25) is 4.79 Å². The van der Waals surface area contributed by atoms with Gasteiger partial charge in [-0.2, -0.15) is 0 Å². The van der Waals surface area contributed by atoms with E-state index in [-0.39, 0.29) is 17.9 Å². The van der Waals surface area contributed by atoms with Crippen molar-refractivity contribution in [1.29, 1.82) is 0 Å². The number of hydrogen-bond acceptors (Lipinski definition) is 6. The number of nitrogens with one attached hydrogen (secondary N) is 2. The van der Waals surface area contributed by atoms with E-state index in [0.29, 0.717) is 12.1 Å². The summed E-state index contributed by atoms with van der Waals surface area (Å²) in [5, 5.41) is 6.13. The van der Waals surface area contributed by atoms with Gasteiger partial charge in [-0.1, -0.05) is 12.1 Å². The van der Waals surface area contributed by atoms with Crippen LogP contribution in [0.4, 0.5) is 11.4 Å². The summed E-state index contributed by atoms with van der Waals surface area (Å²) >= 11 is 0. The Morgan fingerprint density at radius 2 is 1.72 bits per heavy atom. The maximum absolute atomic E-state index is 12.4. The molecule has 0 spiro atoms. The molecule has 29 heavy (non-hydrogen) atoms. The van der Waals surface area contributed by atoms with Crippen LogP contribution in [0.3, 0.4) is 0 Å². The number of methoxy groups -OCH3 is 1. The van der Waals surface area contributed by atoms with Crippen molar-refractivity contribution in [3.8, 4) is 0 Å². The van der Waals surface area contributed by atoms with Gasteiger partial charge in [-0.05, 0) is 48.9 Å². The van der Waals surface area contributed by atoms with Gasteiger partial charge in [-0.15, -0.1) is 0 Å². The van der Waals surface area contributed by atoms with Gasteiger partial charge in [0, 0.05) is 31.0 Å². The van der Waals surface area contributed by atoms with Crippen LogP contribution in [0.1, 0.15) is 22.8 Å². The predicted octanol–water partition coefficient (Wildman–Crippen LogP) is 2.43. The van der Waals surface area contributed by atoms with Crippen molar-refractivity contribution in [3.05, 3.63) is 59.7 Å². The molecular formula is C22H27N3O4. The number of esters is 1. The quantitative estimate of drug-likeness (QED) is 0.699. The molecule has 2 aromatic carbocycles. The van der Waals surface area contributed by atoms with E-state index in [1.165, 1.54) is 7.11 Å². The van der Waals surface area contributed by atoms with Crippen LogP contribution in [0.5, 0.6) is 0 Å². The average Bonchev–Trinajstić information content (AvgIpc) is 2.78. The third-order valence-electron chi connectivity index (χ3n) is 4.89. The summed E-state index contributed by atoms with van der Waals surface area (Å²) in [5.74, 6) is -0.466. The molecule has 7 nitrogen and oxygen atoms in total. The van der Waals surface area contributed by atoms with Gasteiger partial charge in [0.2, 0.25) is 5.91 Å². The lowest BCUT2D eigenvalue weighted by atomic mass is 10.1. The Bertz CT molecular complexity index is 815. The Labute approximate surface area is 171 Å². The predicted molar refractivity (Wildman–Crippen MR) is 112 cm³/mol. The van der Waals surface area contributed by atoms with Crippen LogP contribution in [0.25, 0.3) is 0 Å². The van der Waals surface area contributed by atoms with E-state index in [4.69, 9.17) is 4.74 Å². The van der Waals surface area contributed by atoms with Gasteiger partial charge >= 0.3 is 5.97 Å². The zero-order valence-corrected chi connectivity index (χ0v) is 16.8. The highest BCUT2D eigenvalue weighted by molar-refractivity contribution is 5.94. The number of amides is 1. The second-order valence-corrected chi connectivity index (χ2v) is 6.93. The Hall–Kier alpha value is -2.90. The first kappa shape index (κ1) is 20.8. The molecule has 0 aromatic heterocycles. The molecule has 1 fully saturated rings. The van der Waals surface area contributed by atoms with Gasteiger partial charge in [-0.25, -0.2) is 4.79 Å². The Balaban J connectivity index is 1.48. The fourth-order valence-electron chi connectivity index (χ4n) is 3.07. The molecule has 1 aliphatic rings. The molecule has 3 rings (SSSR count). The number of nitrogens with zero attached hydrogens (tertiary/aromatic N) is 1. The smallest absolute Gasteiger partial charge is 0.337 e. The highest BCUT2D eigenvalue weighted by Crippen LogP contribution is 2.19. The second kappa shape index (κ2) is 10.0. The maximum atomic E-state index is 12.4. The van der Waals surface area contributed by atoms with Gasteiger partial charge in [0.1, 0.15) is 0 Å². The lowest BCUT2D eigenvalue weighted by molar-refractivity contribution is -0.117. The van der Waals surface area contributed by atoms with E-state index in [9.17, 15) is 9.59 Å². The van der Waals surface area contributed by atoms with Crippen LogP contribution in [-0.2, 0) is 20.8 Å². The first-order chi connectivity index (χ1) is 14.1. The number of hydrogen-bond donors (Lipinski definition) is 2. The maximum Gasteiger partial charge on any atom is 0.337 e. The summed E-state index contributed by atoms with van der Waals surface area (Å²) in [6.07, 6.45) is 0. The SMILES string of the molecule is COC(=O)c1ccc(CNC(C)C(=O)Nc2ccc(N3CCOCC3)cc2)cc1. The minimum absolute atomic E-state index is 0.102. The van der Waals surface area contributed by atoms with Crippen molar-refractivity contribution in [2.75, 3.05) is 43.6 Å². The molecule has 0 aliphatic carbocycles. The summed E-state index contributed by atoms with van der Waals surface area (Å²) in [6, 6.07) is 14.6. The number of ether oxygens (including phenoxy) is 2. The van der Waals surface area contributed by atoms with Crippen LogP contribution in [0.2, 0.25) is 0 Å². The average molecular weight is 397 g/mol.